The van der Waals surface area contributed by atoms with Crippen LogP contribution in [-0.2, 0) is 0 Å². The Morgan fingerprint density at radius 3 is 2.82 bits per heavy atom. The Morgan fingerprint density at radius 2 is 2.05 bits per heavy atom. The fourth-order valence-electron chi connectivity index (χ4n) is 1.91. The van der Waals surface area contributed by atoms with Gasteiger partial charge >= 0.3 is 0 Å². The van der Waals surface area contributed by atoms with Crippen LogP contribution in [0.5, 0.6) is 0 Å². The number of fused-ring (bicyclic) bond motifs is 1. The number of rotatable bonds is 3. The van der Waals surface area contributed by atoms with Gasteiger partial charge in [0.2, 0.25) is 17.5 Å². The standard InChI is InChI=1S/C15H12ClN5O/c1-20(18-9-11-4-6-17-7-5-11)15-10-21(22)14-8-12(16)2-3-13(14)19-15/h2-10H,1H3/b18-9+. The fourth-order valence-corrected chi connectivity index (χ4v) is 2.08. The lowest BCUT2D eigenvalue weighted by molar-refractivity contribution is -0.576. The summed E-state index contributed by atoms with van der Waals surface area (Å²) in [6.45, 7) is 0. The lowest BCUT2D eigenvalue weighted by atomic mass is 10.3. The van der Waals surface area contributed by atoms with E-state index in [-0.39, 0.29) is 0 Å². The van der Waals surface area contributed by atoms with Crippen LogP contribution in [-0.4, -0.2) is 23.2 Å². The number of anilines is 1. The molecule has 0 aliphatic heterocycles. The molecule has 1 aromatic carbocycles. The van der Waals surface area contributed by atoms with Crippen LogP contribution in [0.1, 0.15) is 5.56 Å². The van der Waals surface area contributed by atoms with Crippen LogP contribution in [0, 0.1) is 5.21 Å². The van der Waals surface area contributed by atoms with Crippen molar-refractivity contribution < 1.29 is 4.73 Å². The highest BCUT2D eigenvalue weighted by molar-refractivity contribution is 6.31. The molecule has 0 fully saturated rings. The molecule has 0 amide bonds. The summed E-state index contributed by atoms with van der Waals surface area (Å²) < 4.78 is 0.738. The van der Waals surface area contributed by atoms with Gasteiger partial charge in [0.15, 0.2) is 0 Å². The van der Waals surface area contributed by atoms with Crippen LogP contribution >= 0.6 is 11.6 Å². The van der Waals surface area contributed by atoms with Gasteiger partial charge in [-0.2, -0.15) is 9.83 Å². The molecule has 0 unspecified atom stereocenters. The minimum Gasteiger partial charge on any atom is -0.618 e. The first kappa shape index (κ1) is 14.2. The van der Waals surface area contributed by atoms with Gasteiger partial charge in [-0.05, 0) is 29.8 Å². The molecular formula is C15H12ClN5O. The summed E-state index contributed by atoms with van der Waals surface area (Å²) in [6, 6.07) is 8.65. The second-order valence-corrected chi connectivity index (χ2v) is 5.04. The third-order valence-electron chi connectivity index (χ3n) is 3.06. The summed E-state index contributed by atoms with van der Waals surface area (Å²) >= 11 is 5.89. The van der Waals surface area contributed by atoms with Gasteiger partial charge in [-0.25, -0.2) is 9.99 Å². The Balaban J connectivity index is 1.93. The highest BCUT2D eigenvalue weighted by Gasteiger charge is 2.11. The molecule has 0 atom stereocenters. The number of nitrogens with zero attached hydrogens (tertiary/aromatic N) is 5. The molecule has 0 radical (unpaired) electrons. The minimum absolute atomic E-state index is 0.419. The van der Waals surface area contributed by atoms with E-state index >= 15 is 0 Å². The average Bonchev–Trinajstić information content (AvgIpc) is 2.54. The summed E-state index contributed by atoms with van der Waals surface area (Å²) in [6.07, 6.45) is 6.41. The van der Waals surface area contributed by atoms with Crippen molar-refractivity contribution in [2.45, 2.75) is 0 Å². The number of hydrazone groups is 1. The zero-order valence-corrected chi connectivity index (χ0v) is 12.5. The summed E-state index contributed by atoms with van der Waals surface area (Å²) in [7, 11) is 1.72. The molecule has 0 aliphatic carbocycles. The van der Waals surface area contributed by atoms with Gasteiger partial charge in [-0.15, -0.1) is 0 Å². The largest absolute Gasteiger partial charge is 0.618 e. The van der Waals surface area contributed by atoms with E-state index in [0.717, 1.165) is 10.3 Å². The third kappa shape index (κ3) is 2.96. The second kappa shape index (κ2) is 5.95. The molecule has 0 aliphatic rings. The Kier molecular flexibility index (Phi) is 3.84. The third-order valence-corrected chi connectivity index (χ3v) is 3.30. The molecule has 6 nitrogen and oxygen atoms in total. The van der Waals surface area contributed by atoms with E-state index in [9.17, 15) is 5.21 Å². The van der Waals surface area contributed by atoms with Crippen molar-refractivity contribution in [2.75, 3.05) is 12.1 Å². The number of hydrogen-bond acceptors (Lipinski definition) is 5. The first-order valence-corrected chi connectivity index (χ1v) is 6.88. The van der Waals surface area contributed by atoms with E-state index in [1.807, 2.05) is 12.1 Å². The Labute approximate surface area is 131 Å². The van der Waals surface area contributed by atoms with Gasteiger partial charge < -0.3 is 5.21 Å². The van der Waals surface area contributed by atoms with Gasteiger partial charge in [-0.3, -0.25) is 4.98 Å². The molecule has 0 spiro atoms. The summed E-state index contributed by atoms with van der Waals surface area (Å²) in [5.74, 6) is 0.440. The maximum absolute atomic E-state index is 12.1. The lowest BCUT2D eigenvalue weighted by Crippen LogP contribution is -2.29. The van der Waals surface area contributed by atoms with Crippen LogP contribution in [0.4, 0.5) is 5.82 Å². The number of aromatic nitrogens is 3. The van der Waals surface area contributed by atoms with E-state index in [2.05, 4.69) is 15.1 Å². The van der Waals surface area contributed by atoms with E-state index in [1.165, 1.54) is 11.2 Å². The monoisotopic (exact) mass is 313 g/mol. The Bertz CT molecular complexity index is 838. The Morgan fingerprint density at radius 1 is 1.27 bits per heavy atom. The summed E-state index contributed by atoms with van der Waals surface area (Å²) in [5.41, 5.74) is 1.88. The zero-order chi connectivity index (χ0) is 15.5. The topological polar surface area (TPSA) is 68.3 Å². The molecule has 0 saturated heterocycles. The van der Waals surface area contributed by atoms with E-state index in [0.29, 0.717) is 21.9 Å². The number of hydrogen-bond donors (Lipinski definition) is 0. The maximum atomic E-state index is 12.1. The fraction of sp³-hybridized carbons (Fsp3) is 0.0667. The lowest BCUT2D eigenvalue weighted by Gasteiger charge is -2.12. The molecule has 0 bridgehead atoms. The molecule has 22 heavy (non-hydrogen) atoms. The zero-order valence-electron chi connectivity index (χ0n) is 11.7. The van der Waals surface area contributed by atoms with Crippen molar-refractivity contribution >= 4 is 34.7 Å². The summed E-state index contributed by atoms with van der Waals surface area (Å²) in [4.78, 5) is 8.35. The van der Waals surface area contributed by atoms with Gasteiger partial charge in [-0.1, -0.05) is 11.6 Å². The van der Waals surface area contributed by atoms with Crippen molar-refractivity contribution in [1.82, 2.24) is 9.97 Å². The SMILES string of the molecule is CN(/N=C/c1ccncc1)c1c[n+]([O-])c2cc(Cl)ccc2n1. The van der Waals surface area contributed by atoms with Crippen LogP contribution in [0.2, 0.25) is 5.02 Å². The molecular weight excluding hydrogens is 302 g/mol. The van der Waals surface area contributed by atoms with E-state index < -0.39 is 0 Å². The van der Waals surface area contributed by atoms with Crippen molar-refractivity contribution in [3.05, 3.63) is 64.7 Å². The normalized spacial score (nSPS) is 11.2. The molecule has 3 aromatic rings. The van der Waals surface area contributed by atoms with Crippen LogP contribution in [0.3, 0.4) is 0 Å². The molecule has 0 N–H and O–H groups in total. The second-order valence-electron chi connectivity index (χ2n) is 4.61. The van der Waals surface area contributed by atoms with Crippen LogP contribution < -0.4 is 9.74 Å². The van der Waals surface area contributed by atoms with Crippen molar-refractivity contribution in [3.63, 3.8) is 0 Å². The number of halogens is 1. The van der Waals surface area contributed by atoms with E-state index in [1.54, 1.807) is 43.9 Å². The quantitative estimate of drug-likeness (QED) is 0.322. The maximum Gasteiger partial charge on any atom is 0.244 e. The van der Waals surface area contributed by atoms with E-state index in [4.69, 9.17) is 11.6 Å². The summed E-state index contributed by atoms with van der Waals surface area (Å²) in [5, 5.41) is 18.4. The van der Waals surface area contributed by atoms with Gasteiger partial charge in [0.25, 0.3) is 0 Å². The average molecular weight is 314 g/mol. The van der Waals surface area contributed by atoms with Crippen LogP contribution in [0.25, 0.3) is 11.0 Å². The highest BCUT2D eigenvalue weighted by atomic mass is 35.5. The molecule has 7 heteroatoms. The first-order valence-electron chi connectivity index (χ1n) is 6.51. The predicted molar refractivity (Wildman–Crippen MR) is 85.9 cm³/mol. The number of pyridine rings is 1. The minimum atomic E-state index is 0.419. The van der Waals surface area contributed by atoms with Gasteiger partial charge in [0.05, 0.1) is 6.21 Å². The van der Waals surface area contributed by atoms with Gasteiger partial charge in [0, 0.05) is 30.5 Å². The number of benzene rings is 1. The Hall–Kier alpha value is -2.73. The van der Waals surface area contributed by atoms with Crippen LogP contribution in [0.15, 0.2) is 54.0 Å². The van der Waals surface area contributed by atoms with Crippen molar-refractivity contribution in [3.8, 4) is 0 Å². The molecule has 110 valence electrons. The molecule has 2 aromatic heterocycles. The molecule has 2 heterocycles. The highest BCUT2D eigenvalue weighted by Crippen LogP contribution is 2.17. The first-order chi connectivity index (χ1) is 10.6. The smallest absolute Gasteiger partial charge is 0.244 e. The van der Waals surface area contributed by atoms with Gasteiger partial charge in [0.1, 0.15) is 5.52 Å². The predicted octanol–water partition coefficient (Wildman–Crippen LogP) is 2.39. The molecule has 0 saturated carbocycles. The van der Waals surface area contributed by atoms with Crippen molar-refractivity contribution in [2.24, 2.45) is 5.10 Å². The van der Waals surface area contributed by atoms with Crippen molar-refractivity contribution in [1.29, 1.82) is 0 Å². The molecule has 3 rings (SSSR count).